The zero-order valence-electron chi connectivity index (χ0n) is 14.0. The number of esters is 1. The molecule has 0 unspecified atom stereocenters. The van der Waals surface area contributed by atoms with Gasteiger partial charge in [-0.3, -0.25) is 4.79 Å². The number of carbonyl (C=O) groups excluding carboxylic acids is 2. The molecule has 0 saturated heterocycles. The van der Waals surface area contributed by atoms with Gasteiger partial charge in [-0.25, -0.2) is 4.79 Å². The van der Waals surface area contributed by atoms with Crippen molar-refractivity contribution in [1.29, 1.82) is 0 Å². The van der Waals surface area contributed by atoms with Crippen molar-refractivity contribution in [3.05, 3.63) is 70.7 Å². The van der Waals surface area contributed by atoms with Crippen LogP contribution in [-0.4, -0.2) is 25.6 Å². The van der Waals surface area contributed by atoms with E-state index in [1.54, 1.807) is 24.3 Å². The highest BCUT2D eigenvalue weighted by atomic mass is 79.9. The molecule has 0 heterocycles. The summed E-state index contributed by atoms with van der Waals surface area (Å²) in [5.74, 6) is -0.281. The van der Waals surface area contributed by atoms with E-state index in [0.29, 0.717) is 17.0 Å². The minimum absolute atomic E-state index is 0.169. The normalized spacial score (nSPS) is 10.4. The summed E-state index contributed by atoms with van der Waals surface area (Å²) in [6.07, 6.45) is 0. The number of benzene rings is 3. The van der Waals surface area contributed by atoms with Gasteiger partial charge in [0.05, 0.1) is 18.4 Å². The van der Waals surface area contributed by atoms with Gasteiger partial charge in [0.2, 0.25) is 0 Å². The number of nitrogens with one attached hydrogen (secondary N) is 1. The number of anilines is 1. The van der Waals surface area contributed by atoms with Crippen molar-refractivity contribution >= 4 is 44.3 Å². The molecule has 5 nitrogen and oxygen atoms in total. The highest BCUT2D eigenvalue weighted by molar-refractivity contribution is 9.10. The molecule has 1 amide bonds. The second-order valence-electron chi connectivity index (χ2n) is 5.53. The smallest absolute Gasteiger partial charge is 0.339 e. The van der Waals surface area contributed by atoms with Crippen LogP contribution < -0.4 is 10.1 Å². The van der Waals surface area contributed by atoms with Gasteiger partial charge in [0.1, 0.15) is 5.75 Å². The van der Waals surface area contributed by atoms with Gasteiger partial charge in [0.15, 0.2) is 6.61 Å². The quantitative estimate of drug-likeness (QED) is 0.629. The summed E-state index contributed by atoms with van der Waals surface area (Å²) in [7, 11) is 1.29. The molecule has 0 aliphatic carbocycles. The molecule has 0 aliphatic heterocycles. The average molecular weight is 414 g/mol. The summed E-state index contributed by atoms with van der Waals surface area (Å²) in [5, 5.41) is 4.76. The van der Waals surface area contributed by atoms with Crippen molar-refractivity contribution < 1.29 is 19.1 Å². The van der Waals surface area contributed by atoms with Crippen LogP contribution in [0.3, 0.4) is 0 Å². The Morgan fingerprint density at radius 2 is 1.73 bits per heavy atom. The molecular formula is C20H16BrNO4. The fourth-order valence-electron chi connectivity index (χ4n) is 2.50. The monoisotopic (exact) mass is 413 g/mol. The predicted molar refractivity (Wildman–Crippen MR) is 104 cm³/mol. The molecule has 1 N–H and O–H groups in total. The molecule has 3 rings (SSSR count). The molecule has 3 aromatic rings. The first-order valence-corrected chi connectivity index (χ1v) is 8.65. The van der Waals surface area contributed by atoms with Crippen LogP contribution >= 0.6 is 15.9 Å². The third-order valence-electron chi connectivity index (χ3n) is 3.75. The zero-order chi connectivity index (χ0) is 18.5. The molecule has 0 bridgehead atoms. The number of methoxy groups -OCH3 is 1. The van der Waals surface area contributed by atoms with E-state index in [4.69, 9.17) is 9.47 Å². The van der Waals surface area contributed by atoms with E-state index in [2.05, 4.69) is 21.2 Å². The average Bonchev–Trinajstić information content (AvgIpc) is 2.66. The zero-order valence-corrected chi connectivity index (χ0v) is 15.6. The first-order valence-electron chi connectivity index (χ1n) is 7.86. The molecule has 0 radical (unpaired) electrons. The number of rotatable bonds is 5. The van der Waals surface area contributed by atoms with Crippen molar-refractivity contribution in [3.63, 3.8) is 0 Å². The second-order valence-corrected chi connectivity index (χ2v) is 6.44. The first kappa shape index (κ1) is 17.9. The van der Waals surface area contributed by atoms with Crippen LogP contribution in [0.15, 0.2) is 65.1 Å². The van der Waals surface area contributed by atoms with Gasteiger partial charge in [0.25, 0.3) is 5.91 Å². The maximum absolute atomic E-state index is 12.2. The molecular weight excluding hydrogens is 398 g/mol. The van der Waals surface area contributed by atoms with E-state index in [0.717, 1.165) is 15.2 Å². The highest BCUT2D eigenvalue weighted by Crippen LogP contribution is 2.24. The Morgan fingerprint density at radius 1 is 1.00 bits per heavy atom. The van der Waals surface area contributed by atoms with Gasteiger partial charge < -0.3 is 14.8 Å². The molecule has 0 aliphatic rings. The van der Waals surface area contributed by atoms with Crippen LogP contribution in [0, 0.1) is 0 Å². The molecule has 3 aromatic carbocycles. The van der Waals surface area contributed by atoms with Gasteiger partial charge >= 0.3 is 5.97 Å². The minimum atomic E-state index is -0.512. The van der Waals surface area contributed by atoms with E-state index in [1.165, 1.54) is 7.11 Å². The maximum Gasteiger partial charge on any atom is 0.339 e. The van der Waals surface area contributed by atoms with Crippen LogP contribution in [0.4, 0.5) is 5.69 Å². The van der Waals surface area contributed by atoms with Gasteiger partial charge in [-0.05, 0) is 47.2 Å². The summed E-state index contributed by atoms with van der Waals surface area (Å²) >= 11 is 3.44. The Balaban J connectivity index is 1.66. The van der Waals surface area contributed by atoms with Crippen LogP contribution in [0.5, 0.6) is 5.75 Å². The molecule has 0 aromatic heterocycles. The predicted octanol–water partition coefficient (Wildman–Crippen LogP) is 4.41. The fourth-order valence-corrected chi connectivity index (χ4v) is 2.88. The Hall–Kier alpha value is -2.86. The number of carbonyl (C=O) groups is 2. The van der Waals surface area contributed by atoms with Gasteiger partial charge in [-0.1, -0.05) is 40.2 Å². The molecule has 0 spiro atoms. The molecule has 26 heavy (non-hydrogen) atoms. The van der Waals surface area contributed by atoms with Crippen LogP contribution in [0.2, 0.25) is 0 Å². The summed E-state index contributed by atoms with van der Waals surface area (Å²) in [6, 6.07) is 18.2. The van der Waals surface area contributed by atoms with Crippen LogP contribution in [0.1, 0.15) is 10.4 Å². The van der Waals surface area contributed by atoms with Crippen molar-refractivity contribution in [1.82, 2.24) is 0 Å². The van der Waals surface area contributed by atoms with E-state index >= 15 is 0 Å². The Morgan fingerprint density at radius 3 is 2.54 bits per heavy atom. The Labute approximate surface area is 159 Å². The minimum Gasteiger partial charge on any atom is -0.484 e. The summed E-state index contributed by atoms with van der Waals surface area (Å²) in [4.78, 5) is 23.9. The van der Waals surface area contributed by atoms with Gasteiger partial charge in [0, 0.05) is 4.47 Å². The maximum atomic E-state index is 12.2. The van der Waals surface area contributed by atoms with Crippen molar-refractivity contribution in [2.24, 2.45) is 0 Å². The number of hydrogen-bond donors (Lipinski definition) is 1. The molecule has 0 fully saturated rings. The van der Waals surface area contributed by atoms with Crippen LogP contribution in [-0.2, 0) is 9.53 Å². The molecule has 6 heteroatoms. The van der Waals surface area contributed by atoms with Crippen molar-refractivity contribution in [3.8, 4) is 5.75 Å². The molecule has 132 valence electrons. The topological polar surface area (TPSA) is 64.6 Å². The standard InChI is InChI=1S/C20H16BrNO4/c1-25-20(24)17-4-2-3-5-18(17)22-19(23)12-26-16-9-7-13-10-15(21)8-6-14(13)11-16/h2-11H,12H2,1H3,(H,22,23). The number of amides is 1. The largest absolute Gasteiger partial charge is 0.484 e. The van der Waals surface area contributed by atoms with Gasteiger partial charge in [-0.15, -0.1) is 0 Å². The lowest BCUT2D eigenvalue weighted by atomic mass is 10.1. The van der Waals surface area contributed by atoms with Gasteiger partial charge in [-0.2, -0.15) is 0 Å². The summed E-state index contributed by atoms with van der Waals surface area (Å²) in [5.41, 5.74) is 0.677. The lowest BCUT2D eigenvalue weighted by Gasteiger charge is -2.11. The molecule has 0 atom stereocenters. The Kier molecular flexibility index (Phi) is 5.53. The van der Waals surface area contributed by atoms with Crippen molar-refractivity contribution in [2.75, 3.05) is 19.0 Å². The number of halogens is 1. The number of ether oxygens (including phenoxy) is 2. The third-order valence-corrected chi connectivity index (χ3v) is 4.24. The first-order chi connectivity index (χ1) is 12.6. The second kappa shape index (κ2) is 8.01. The molecule has 0 saturated carbocycles. The fraction of sp³-hybridized carbons (Fsp3) is 0.100. The Bertz CT molecular complexity index is 971. The van der Waals surface area contributed by atoms with Crippen molar-refractivity contribution in [2.45, 2.75) is 0 Å². The summed E-state index contributed by atoms with van der Waals surface area (Å²) < 4.78 is 11.3. The third kappa shape index (κ3) is 4.21. The summed E-state index contributed by atoms with van der Waals surface area (Å²) in [6.45, 7) is -0.169. The highest BCUT2D eigenvalue weighted by Gasteiger charge is 2.13. The lowest BCUT2D eigenvalue weighted by Crippen LogP contribution is -2.21. The number of hydrogen-bond acceptors (Lipinski definition) is 4. The number of para-hydroxylation sites is 1. The van der Waals surface area contributed by atoms with E-state index in [1.807, 2.05) is 36.4 Å². The lowest BCUT2D eigenvalue weighted by molar-refractivity contribution is -0.118. The SMILES string of the molecule is COC(=O)c1ccccc1NC(=O)COc1ccc2cc(Br)ccc2c1. The van der Waals surface area contributed by atoms with E-state index < -0.39 is 5.97 Å². The van der Waals surface area contributed by atoms with E-state index in [9.17, 15) is 9.59 Å². The van der Waals surface area contributed by atoms with Crippen LogP contribution in [0.25, 0.3) is 10.8 Å². The van der Waals surface area contributed by atoms with E-state index in [-0.39, 0.29) is 12.5 Å². The number of fused-ring (bicyclic) bond motifs is 1.